The van der Waals surface area contributed by atoms with Crippen molar-refractivity contribution in [2.45, 2.75) is 25.2 Å². The summed E-state index contributed by atoms with van der Waals surface area (Å²) in [6, 6.07) is 2.10. The normalized spacial score (nSPS) is 16.5. The molecule has 2 aromatic rings. The molecule has 0 atom stereocenters. The lowest BCUT2D eigenvalue weighted by Gasteiger charge is -2.25. The van der Waals surface area contributed by atoms with E-state index in [0.717, 1.165) is 17.3 Å². The van der Waals surface area contributed by atoms with Crippen LogP contribution in [0, 0.1) is 0 Å². The predicted octanol–water partition coefficient (Wildman–Crippen LogP) is 2.64. The number of aromatic nitrogens is 2. The number of hydrogen-bond acceptors (Lipinski definition) is 2. The molecule has 0 unspecified atom stereocenters. The van der Waals surface area contributed by atoms with Crippen molar-refractivity contribution in [3.05, 3.63) is 29.6 Å². The second-order valence-electron chi connectivity index (χ2n) is 4.15. The molecule has 0 aliphatic heterocycles. The smallest absolute Gasteiger partial charge is 0.152 e. The molecular formula is C12H12N2O. The van der Waals surface area contributed by atoms with Crippen molar-refractivity contribution in [3.8, 4) is 0 Å². The van der Waals surface area contributed by atoms with Crippen LogP contribution in [0.3, 0.4) is 0 Å². The third kappa shape index (κ3) is 1.27. The highest BCUT2D eigenvalue weighted by molar-refractivity contribution is 5.95. The van der Waals surface area contributed by atoms with Gasteiger partial charge in [0.15, 0.2) is 6.29 Å². The van der Waals surface area contributed by atoms with E-state index in [2.05, 4.69) is 16.0 Å². The minimum Gasteiger partial charge on any atom is -0.345 e. The lowest BCUT2D eigenvalue weighted by Crippen LogP contribution is -2.08. The van der Waals surface area contributed by atoms with Gasteiger partial charge in [-0.15, -0.1) is 0 Å². The first kappa shape index (κ1) is 8.65. The molecule has 0 spiro atoms. The first-order valence-electron chi connectivity index (χ1n) is 5.30. The van der Waals surface area contributed by atoms with Crippen molar-refractivity contribution in [1.29, 1.82) is 0 Å². The van der Waals surface area contributed by atoms with E-state index in [-0.39, 0.29) is 0 Å². The summed E-state index contributed by atoms with van der Waals surface area (Å²) in [6.45, 7) is 0. The van der Waals surface area contributed by atoms with Gasteiger partial charge in [-0.05, 0) is 30.4 Å². The lowest BCUT2D eigenvalue weighted by atomic mass is 9.80. The molecule has 1 saturated carbocycles. The molecule has 0 radical (unpaired) electrons. The first-order chi connectivity index (χ1) is 7.38. The molecule has 0 saturated heterocycles. The van der Waals surface area contributed by atoms with Gasteiger partial charge in [-0.25, -0.2) is 4.98 Å². The minimum atomic E-state index is 0.663. The summed E-state index contributed by atoms with van der Waals surface area (Å²) < 4.78 is 0. The second kappa shape index (κ2) is 3.19. The van der Waals surface area contributed by atoms with E-state index in [1.165, 1.54) is 24.8 Å². The average molecular weight is 200 g/mol. The fourth-order valence-electron chi connectivity index (χ4n) is 2.10. The molecule has 0 amide bonds. The van der Waals surface area contributed by atoms with Crippen LogP contribution in [0.25, 0.3) is 11.0 Å². The molecule has 1 aliphatic rings. The molecular weight excluding hydrogens is 188 g/mol. The van der Waals surface area contributed by atoms with Crippen molar-refractivity contribution < 1.29 is 4.79 Å². The van der Waals surface area contributed by atoms with Crippen LogP contribution in [0.15, 0.2) is 18.5 Å². The highest BCUT2D eigenvalue weighted by Crippen LogP contribution is 2.36. The van der Waals surface area contributed by atoms with Gasteiger partial charge in [0.1, 0.15) is 5.65 Å². The summed E-state index contributed by atoms with van der Waals surface area (Å²) in [4.78, 5) is 18.1. The Morgan fingerprint density at radius 2 is 2.33 bits per heavy atom. The topological polar surface area (TPSA) is 45.8 Å². The Kier molecular flexibility index (Phi) is 1.84. The van der Waals surface area contributed by atoms with Crippen molar-refractivity contribution in [2.75, 3.05) is 0 Å². The van der Waals surface area contributed by atoms with Gasteiger partial charge in [0, 0.05) is 23.3 Å². The fraction of sp³-hybridized carbons (Fsp3) is 0.333. The standard InChI is InChI=1S/C12H12N2O/c15-7-10-6-14-12-11(10)4-9(5-13-12)8-2-1-3-8/h4-8H,1-3H2,(H,13,14). The van der Waals surface area contributed by atoms with E-state index in [1.54, 1.807) is 6.20 Å². The summed E-state index contributed by atoms with van der Waals surface area (Å²) in [6.07, 6.45) is 8.36. The van der Waals surface area contributed by atoms with Crippen LogP contribution in [-0.2, 0) is 0 Å². The number of rotatable bonds is 2. The Morgan fingerprint density at radius 1 is 1.47 bits per heavy atom. The third-order valence-electron chi connectivity index (χ3n) is 3.29. The molecule has 3 heteroatoms. The fourth-order valence-corrected chi connectivity index (χ4v) is 2.10. The van der Waals surface area contributed by atoms with E-state index in [1.807, 2.05) is 6.20 Å². The van der Waals surface area contributed by atoms with Crippen LogP contribution in [0.5, 0.6) is 0 Å². The molecule has 1 fully saturated rings. The van der Waals surface area contributed by atoms with Gasteiger partial charge in [-0.1, -0.05) is 6.42 Å². The number of carbonyl (C=O) groups is 1. The van der Waals surface area contributed by atoms with E-state index in [4.69, 9.17) is 0 Å². The zero-order valence-corrected chi connectivity index (χ0v) is 8.36. The van der Waals surface area contributed by atoms with E-state index in [9.17, 15) is 4.79 Å². The van der Waals surface area contributed by atoms with Crippen LogP contribution < -0.4 is 0 Å². The monoisotopic (exact) mass is 200 g/mol. The number of fused-ring (bicyclic) bond motifs is 1. The number of aldehydes is 1. The number of carbonyl (C=O) groups excluding carboxylic acids is 1. The van der Waals surface area contributed by atoms with Crippen LogP contribution in [0.1, 0.15) is 41.1 Å². The summed E-state index contributed by atoms with van der Waals surface area (Å²) in [7, 11) is 0. The molecule has 2 aromatic heterocycles. The Morgan fingerprint density at radius 3 is 3.00 bits per heavy atom. The Labute approximate surface area is 87.5 Å². The lowest BCUT2D eigenvalue weighted by molar-refractivity contribution is 0.112. The molecule has 1 N–H and O–H groups in total. The van der Waals surface area contributed by atoms with Gasteiger partial charge in [0.25, 0.3) is 0 Å². The van der Waals surface area contributed by atoms with Gasteiger partial charge in [0.05, 0.1) is 0 Å². The van der Waals surface area contributed by atoms with Crippen molar-refractivity contribution in [1.82, 2.24) is 9.97 Å². The average Bonchev–Trinajstić information content (AvgIpc) is 2.57. The van der Waals surface area contributed by atoms with Gasteiger partial charge in [0.2, 0.25) is 0 Å². The molecule has 2 heterocycles. The molecule has 76 valence electrons. The minimum absolute atomic E-state index is 0.663. The molecule has 15 heavy (non-hydrogen) atoms. The number of nitrogens with zero attached hydrogens (tertiary/aromatic N) is 1. The van der Waals surface area contributed by atoms with Crippen molar-refractivity contribution >= 4 is 17.3 Å². The molecule has 1 aliphatic carbocycles. The van der Waals surface area contributed by atoms with Crippen LogP contribution in [-0.4, -0.2) is 16.3 Å². The SMILES string of the molecule is O=Cc1c[nH]c2ncc(C3CCC3)cc12. The maximum absolute atomic E-state index is 10.8. The summed E-state index contributed by atoms with van der Waals surface area (Å²) in [5, 5.41) is 0.953. The highest BCUT2D eigenvalue weighted by atomic mass is 16.1. The predicted molar refractivity (Wildman–Crippen MR) is 58.1 cm³/mol. The molecule has 3 nitrogen and oxygen atoms in total. The van der Waals surface area contributed by atoms with Gasteiger partial charge < -0.3 is 4.98 Å². The third-order valence-corrected chi connectivity index (χ3v) is 3.29. The van der Waals surface area contributed by atoms with Gasteiger partial charge in [-0.2, -0.15) is 0 Å². The quantitative estimate of drug-likeness (QED) is 0.757. The molecule has 0 aromatic carbocycles. The van der Waals surface area contributed by atoms with Crippen LogP contribution in [0.2, 0.25) is 0 Å². The highest BCUT2D eigenvalue weighted by Gasteiger charge is 2.20. The van der Waals surface area contributed by atoms with E-state index < -0.39 is 0 Å². The molecule has 3 rings (SSSR count). The van der Waals surface area contributed by atoms with Crippen molar-refractivity contribution in [3.63, 3.8) is 0 Å². The second-order valence-corrected chi connectivity index (χ2v) is 4.15. The first-order valence-corrected chi connectivity index (χ1v) is 5.30. The van der Waals surface area contributed by atoms with Gasteiger partial charge >= 0.3 is 0 Å². The maximum Gasteiger partial charge on any atom is 0.152 e. The zero-order valence-electron chi connectivity index (χ0n) is 8.36. The Balaban J connectivity index is 2.13. The number of hydrogen-bond donors (Lipinski definition) is 1. The number of H-pyrrole nitrogens is 1. The summed E-state index contributed by atoms with van der Waals surface area (Å²) in [5.41, 5.74) is 2.79. The summed E-state index contributed by atoms with van der Waals surface area (Å²) >= 11 is 0. The number of nitrogens with one attached hydrogen (secondary N) is 1. The van der Waals surface area contributed by atoms with Crippen LogP contribution in [0.4, 0.5) is 0 Å². The largest absolute Gasteiger partial charge is 0.345 e. The number of pyridine rings is 1. The molecule has 0 bridgehead atoms. The van der Waals surface area contributed by atoms with Gasteiger partial charge in [-0.3, -0.25) is 4.79 Å². The summed E-state index contributed by atoms with van der Waals surface area (Å²) in [5.74, 6) is 0.663. The Hall–Kier alpha value is -1.64. The zero-order chi connectivity index (χ0) is 10.3. The van der Waals surface area contributed by atoms with E-state index in [0.29, 0.717) is 11.5 Å². The van der Waals surface area contributed by atoms with Crippen LogP contribution >= 0.6 is 0 Å². The number of aromatic amines is 1. The Bertz CT molecular complexity index is 511. The van der Waals surface area contributed by atoms with Crippen molar-refractivity contribution in [2.24, 2.45) is 0 Å². The van der Waals surface area contributed by atoms with E-state index >= 15 is 0 Å². The maximum atomic E-state index is 10.8.